The molecule has 8 heteroatoms. The molecule has 0 aliphatic heterocycles. The average molecular weight is 295 g/mol. The number of nitrogens with zero attached hydrogens (tertiary/aromatic N) is 1. The smallest absolute Gasteiger partial charge is 0.239 e. The standard InChI is InChI=1S/C12H13N3O4S/c1-9(16)14-10-2-4-11(5-3-10)15-12(17)8-20(18,19)7-6-13/h2-5H,7-8H2,1H3,(H,14,16)(H,15,17). The van der Waals surface area contributed by atoms with Gasteiger partial charge in [-0.15, -0.1) is 0 Å². The summed E-state index contributed by atoms with van der Waals surface area (Å²) in [7, 11) is -3.71. The fraction of sp³-hybridized carbons (Fsp3) is 0.250. The lowest BCUT2D eigenvalue weighted by Crippen LogP contribution is -2.24. The summed E-state index contributed by atoms with van der Waals surface area (Å²) in [6.07, 6.45) is 0. The Labute approximate surface area is 116 Å². The van der Waals surface area contributed by atoms with Crippen LogP contribution < -0.4 is 10.6 Å². The molecule has 0 fully saturated rings. The van der Waals surface area contributed by atoms with E-state index in [1.165, 1.54) is 25.1 Å². The minimum Gasteiger partial charge on any atom is -0.326 e. The summed E-state index contributed by atoms with van der Waals surface area (Å²) in [6.45, 7) is 1.37. The highest BCUT2D eigenvalue weighted by atomic mass is 32.2. The maximum absolute atomic E-state index is 11.5. The number of amides is 2. The first-order valence-electron chi connectivity index (χ1n) is 5.57. The van der Waals surface area contributed by atoms with Crippen LogP contribution in [0.2, 0.25) is 0 Å². The Balaban J connectivity index is 2.63. The van der Waals surface area contributed by atoms with Gasteiger partial charge in [0.25, 0.3) is 0 Å². The average Bonchev–Trinajstić information content (AvgIpc) is 2.29. The van der Waals surface area contributed by atoms with Crippen molar-refractivity contribution in [2.24, 2.45) is 0 Å². The number of hydrogen-bond acceptors (Lipinski definition) is 5. The van der Waals surface area contributed by atoms with E-state index in [9.17, 15) is 18.0 Å². The molecule has 2 amide bonds. The van der Waals surface area contributed by atoms with E-state index in [-0.39, 0.29) is 5.91 Å². The molecule has 1 aromatic rings. The van der Waals surface area contributed by atoms with E-state index in [2.05, 4.69) is 10.6 Å². The van der Waals surface area contributed by atoms with Gasteiger partial charge in [-0.3, -0.25) is 9.59 Å². The van der Waals surface area contributed by atoms with Gasteiger partial charge < -0.3 is 10.6 Å². The molecule has 0 saturated heterocycles. The molecule has 0 atom stereocenters. The lowest BCUT2D eigenvalue weighted by Gasteiger charge is -2.06. The van der Waals surface area contributed by atoms with Crippen LogP contribution in [0.3, 0.4) is 0 Å². The summed E-state index contributed by atoms with van der Waals surface area (Å²) in [4.78, 5) is 22.3. The van der Waals surface area contributed by atoms with Gasteiger partial charge in [-0.1, -0.05) is 0 Å². The number of sulfone groups is 1. The fourth-order valence-corrected chi connectivity index (χ4v) is 2.16. The van der Waals surface area contributed by atoms with E-state index in [1.807, 2.05) is 0 Å². The molecule has 1 rings (SSSR count). The van der Waals surface area contributed by atoms with Crippen molar-refractivity contribution < 1.29 is 18.0 Å². The van der Waals surface area contributed by atoms with Gasteiger partial charge in [-0.25, -0.2) is 8.42 Å². The lowest BCUT2D eigenvalue weighted by atomic mass is 10.3. The molecule has 0 saturated carbocycles. The second-order valence-electron chi connectivity index (χ2n) is 4.00. The Bertz CT molecular complexity index is 644. The summed E-state index contributed by atoms with van der Waals surface area (Å²) >= 11 is 0. The zero-order chi connectivity index (χ0) is 15.2. The quantitative estimate of drug-likeness (QED) is 0.821. The molecule has 1 aromatic carbocycles. The second-order valence-corrected chi connectivity index (χ2v) is 6.06. The molecule has 7 nitrogen and oxygen atoms in total. The van der Waals surface area contributed by atoms with Crippen molar-refractivity contribution >= 4 is 33.0 Å². The first kappa shape index (κ1) is 15.7. The Morgan fingerprint density at radius 3 is 2.10 bits per heavy atom. The van der Waals surface area contributed by atoms with E-state index in [4.69, 9.17) is 5.26 Å². The highest BCUT2D eigenvalue weighted by molar-refractivity contribution is 7.92. The first-order valence-corrected chi connectivity index (χ1v) is 7.39. The van der Waals surface area contributed by atoms with Gasteiger partial charge in [-0.05, 0) is 24.3 Å². The predicted molar refractivity (Wildman–Crippen MR) is 73.6 cm³/mol. The zero-order valence-electron chi connectivity index (χ0n) is 10.7. The van der Waals surface area contributed by atoms with E-state index < -0.39 is 27.3 Å². The van der Waals surface area contributed by atoms with Crippen LogP contribution in [0, 0.1) is 11.3 Å². The molecule has 106 valence electrons. The molecule has 0 aliphatic carbocycles. The third-order valence-electron chi connectivity index (χ3n) is 2.12. The van der Waals surface area contributed by atoms with E-state index in [1.54, 1.807) is 12.1 Å². The van der Waals surface area contributed by atoms with Gasteiger partial charge in [0.05, 0.1) is 6.07 Å². The Morgan fingerprint density at radius 2 is 1.65 bits per heavy atom. The molecular formula is C12H13N3O4S. The number of nitriles is 1. The van der Waals surface area contributed by atoms with Gasteiger partial charge in [-0.2, -0.15) is 5.26 Å². The number of carbonyl (C=O) groups is 2. The van der Waals surface area contributed by atoms with Gasteiger partial charge in [0.15, 0.2) is 9.84 Å². The van der Waals surface area contributed by atoms with Crippen molar-refractivity contribution in [1.82, 2.24) is 0 Å². The summed E-state index contributed by atoms with van der Waals surface area (Å²) < 4.78 is 22.6. The Hall–Kier alpha value is -2.40. The second kappa shape index (κ2) is 6.68. The van der Waals surface area contributed by atoms with Crippen LogP contribution >= 0.6 is 0 Å². The number of hydrogen-bond donors (Lipinski definition) is 2. The topological polar surface area (TPSA) is 116 Å². The molecule has 0 aliphatic rings. The van der Waals surface area contributed by atoms with Crippen molar-refractivity contribution in [1.29, 1.82) is 5.26 Å². The molecule has 2 N–H and O–H groups in total. The number of carbonyl (C=O) groups excluding carboxylic acids is 2. The normalized spacial score (nSPS) is 10.4. The van der Waals surface area contributed by atoms with E-state index in [0.29, 0.717) is 11.4 Å². The molecule has 0 unspecified atom stereocenters. The van der Waals surface area contributed by atoms with E-state index in [0.717, 1.165) is 0 Å². The van der Waals surface area contributed by atoms with Crippen molar-refractivity contribution in [3.05, 3.63) is 24.3 Å². The number of rotatable bonds is 5. The molecule has 0 radical (unpaired) electrons. The van der Waals surface area contributed by atoms with Gasteiger partial charge in [0.2, 0.25) is 11.8 Å². The molecule has 0 heterocycles. The van der Waals surface area contributed by atoms with Crippen molar-refractivity contribution in [3.63, 3.8) is 0 Å². The summed E-state index contributed by atoms with van der Waals surface area (Å²) in [5, 5.41) is 13.3. The minimum atomic E-state index is -3.71. The lowest BCUT2D eigenvalue weighted by molar-refractivity contribution is -0.114. The molecule has 0 aromatic heterocycles. The fourth-order valence-electron chi connectivity index (χ4n) is 1.39. The summed E-state index contributed by atoms with van der Waals surface area (Å²) in [5.41, 5.74) is 0.962. The zero-order valence-corrected chi connectivity index (χ0v) is 11.5. The van der Waals surface area contributed by atoms with Crippen LogP contribution in [-0.2, 0) is 19.4 Å². The first-order chi connectivity index (χ1) is 9.32. The molecular weight excluding hydrogens is 282 g/mol. The van der Waals surface area contributed by atoms with Crippen LogP contribution in [0.1, 0.15) is 6.92 Å². The third-order valence-corrected chi connectivity index (χ3v) is 3.40. The van der Waals surface area contributed by atoms with Crippen LogP contribution in [0.25, 0.3) is 0 Å². The summed E-state index contributed by atoms with van der Waals surface area (Å²) in [5.74, 6) is -2.37. The molecule has 0 spiro atoms. The molecule has 20 heavy (non-hydrogen) atoms. The van der Waals surface area contributed by atoms with Gasteiger partial charge in [0, 0.05) is 18.3 Å². The van der Waals surface area contributed by atoms with Crippen LogP contribution in [0.4, 0.5) is 11.4 Å². The van der Waals surface area contributed by atoms with Gasteiger partial charge in [0.1, 0.15) is 11.5 Å². The van der Waals surface area contributed by atoms with Crippen LogP contribution in [0.15, 0.2) is 24.3 Å². The number of nitrogens with one attached hydrogen (secondary N) is 2. The Kier molecular flexibility index (Phi) is 5.23. The molecule has 0 bridgehead atoms. The van der Waals surface area contributed by atoms with Gasteiger partial charge >= 0.3 is 0 Å². The predicted octanol–water partition coefficient (Wildman–Crippen LogP) is 0.522. The number of anilines is 2. The maximum Gasteiger partial charge on any atom is 0.239 e. The minimum absolute atomic E-state index is 0.218. The van der Waals surface area contributed by atoms with Crippen LogP contribution in [-0.4, -0.2) is 31.7 Å². The van der Waals surface area contributed by atoms with Crippen molar-refractivity contribution in [2.45, 2.75) is 6.92 Å². The third kappa shape index (κ3) is 5.49. The SMILES string of the molecule is CC(=O)Nc1ccc(NC(=O)CS(=O)(=O)CC#N)cc1. The number of benzene rings is 1. The monoisotopic (exact) mass is 295 g/mol. The van der Waals surface area contributed by atoms with Crippen molar-refractivity contribution in [3.8, 4) is 6.07 Å². The highest BCUT2D eigenvalue weighted by Gasteiger charge is 2.16. The van der Waals surface area contributed by atoms with Crippen LogP contribution in [0.5, 0.6) is 0 Å². The Morgan fingerprint density at radius 1 is 1.15 bits per heavy atom. The maximum atomic E-state index is 11.5. The van der Waals surface area contributed by atoms with E-state index >= 15 is 0 Å². The highest BCUT2D eigenvalue weighted by Crippen LogP contribution is 2.13. The van der Waals surface area contributed by atoms with Crippen molar-refractivity contribution in [2.75, 3.05) is 22.1 Å². The largest absolute Gasteiger partial charge is 0.326 e. The summed E-state index contributed by atoms with van der Waals surface area (Å²) in [6, 6.07) is 7.69.